The zero-order chi connectivity index (χ0) is 20.5. The Kier molecular flexibility index (Phi) is 5.08. The van der Waals surface area contributed by atoms with Gasteiger partial charge in [0.05, 0.1) is 28.4 Å². The van der Waals surface area contributed by atoms with Crippen LogP contribution in [0, 0.1) is 10.1 Å². The van der Waals surface area contributed by atoms with Crippen LogP contribution in [0.5, 0.6) is 0 Å². The van der Waals surface area contributed by atoms with E-state index in [2.05, 4.69) is 15.4 Å². The van der Waals surface area contributed by atoms with Gasteiger partial charge in [-0.1, -0.05) is 53.5 Å². The lowest BCUT2D eigenvalue weighted by Crippen LogP contribution is -2.06. The number of nitrogens with one attached hydrogen (secondary N) is 1. The molecule has 4 rings (SSSR count). The molecule has 0 spiro atoms. The van der Waals surface area contributed by atoms with Crippen LogP contribution in [-0.2, 0) is 13.6 Å². The molecule has 0 aliphatic rings. The first-order chi connectivity index (χ1) is 13.9. The van der Waals surface area contributed by atoms with Crippen molar-refractivity contribution in [2.75, 3.05) is 5.32 Å². The highest BCUT2D eigenvalue weighted by molar-refractivity contribution is 6.33. The molecule has 2 aromatic heterocycles. The molecule has 2 heterocycles. The predicted molar refractivity (Wildman–Crippen MR) is 114 cm³/mol. The molecule has 0 saturated heterocycles. The van der Waals surface area contributed by atoms with Crippen molar-refractivity contribution in [3.05, 3.63) is 80.6 Å². The second-order valence-electron chi connectivity index (χ2n) is 6.41. The quantitative estimate of drug-likeness (QED) is 0.259. The Bertz CT molecular complexity index is 1220. The Balaban J connectivity index is 1.69. The van der Waals surface area contributed by atoms with Crippen molar-refractivity contribution < 1.29 is 4.92 Å². The minimum atomic E-state index is -0.526. The first-order valence-corrected chi connectivity index (χ1v) is 9.45. The Hall–Kier alpha value is -3.16. The van der Waals surface area contributed by atoms with Crippen LogP contribution in [0.25, 0.3) is 22.2 Å². The Morgan fingerprint density at radius 1 is 1.14 bits per heavy atom. The fourth-order valence-corrected chi connectivity index (χ4v) is 3.58. The van der Waals surface area contributed by atoms with Crippen LogP contribution >= 0.6 is 23.2 Å². The second kappa shape index (κ2) is 7.69. The highest BCUT2D eigenvalue weighted by Gasteiger charge is 2.24. The summed E-state index contributed by atoms with van der Waals surface area (Å²) in [6.07, 6.45) is 0. The van der Waals surface area contributed by atoms with E-state index < -0.39 is 4.92 Å². The summed E-state index contributed by atoms with van der Waals surface area (Å²) < 4.78 is 1.76. The van der Waals surface area contributed by atoms with Gasteiger partial charge in [0.25, 0.3) is 0 Å². The van der Waals surface area contributed by atoms with Gasteiger partial charge in [-0.2, -0.15) is 5.10 Å². The van der Waals surface area contributed by atoms with Crippen LogP contribution in [0.4, 0.5) is 11.4 Å². The van der Waals surface area contributed by atoms with Crippen molar-refractivity contribution in [1.29, 1.82) is 0 Å². The second-order valence-corrected chi connectivity index (χ2v) is 7.20. The number of fused-ring (bicyclic) bond motifs is 1. The molecule has 0 atom stereocenters. The summed E-state index contributed by atoms with van der Waals surface area (Å²) in [5.74, 6) is 0. The first-order valence-electron chi connectivity index (χ1n) is 8.69. The van der Waals surface area contributed by atoms with Gasteiger partial charge in [-0.15, -0.1) is 0 Å². The zero-order valence-electron chi connectivity index (χ0n) is 15.3. The summed E-state index contributed by atoms with van der Waals surface area (Å²) in [5, 5.41) is 20.3. The Labute approximate surface area is 176 Å². The third kappa shape index (κ3) is 3.74. The Morgan fingerprint density at radius 2 is 1.86 bits per heavy atom. The third-order valence-corrected chi connectivity index (χ3v) is 5.04. The van der Waals surface area contributed by atoms with Crippen molar-refractivity contribution in [3.8, 4) is 11.3 Å². The Morgan fingerprint density at radius 3 is 2.59 bits per heavy atom. The number of pyridine rings is 1. The summed E-state index contributed by atoms with van der Waals surface area (Å²) in [7, 11) is 1.84. The predicted octanol–water partition coefficient (Wildman–Crippen LogP) is 5.46. The average molecular weight is 428 g/mol. The van der Waals surface area contributed by atoms with Crippen molar-refractivity contribution in [2.24, 2.45) is 7.05 Å². The molecule has 0 amide bonds. The molecule has 0 aliphatic carbocycles. The number of para-hydroxylation sites is 1. The summed E-state index contributed by atoms with van der Waals surface area (Å²) in [5.41, 5.74) is 3.25. The van der Waals surface area contributed by atoms with E-state index in [1.165, 1.54) is 0 Å². The van der Waals surface area contributed by atoms with E-state index in [1.807, 2.05) is 37.4 Å². The number of rotatable bonds is 5. The molecule has 146 valence electrons. The number of hydrogen-bond acceptors (Lipinski definition) is 5. The van der Waals surface area contributed by atoms with Crippen LogP contribution < -0.4 is 5.32 Å². The number of nitrogens with zero attached hydrogens (tertiary/aromatic N) is 4. The minimum absolute atomic E-state index is 0.154. The summed E-state index contributed by atoms with van der Waals surface area (Å²) in [6, 6.07) is 16.5. The van der Waals surface area contributed by atoms with Gasteiger partial charge >= 0.3 is 5.69 Å². The summed E-state index contributed by atoms with van der Waals surface area (Å²) in [4.78, 5) is 15.2. The van der Waals surface area contributed by atoms with Crippen LogP contribution in [0.3, 0.4) is 0 Å². The molecule has 0 saturated carbocycles. The smallest absolute Gasteiger partial charge is 0.329 e. The van der Waals surface area contributed by atoms with Gasteiger partial charge < -0.3 is 5.32 Å². The van der Waals surface area contributed by atoms with Crippen molar-refractivity contribution >= 4 is 45.5 Å². The molecule has 0 aliphatic heterocycles. The number of benzene rings is 2. The van der Waals surface area contributed by atoms with Crippen LogP contribution in [0.15, 0.2) is 54.6 Å². The van der Waals surface area contributed by atoms with E-state index in [0.717, 1.165) is 17.0 Å². The van der Waals surface area contributed by atoms with Gasteiger partial charge in [0.15, 0.2) is 0 Å². The van der Waals surface area contributed by atoms with Gasteiger partial charge in [0, 0.05) is 17.5 Å². The van der Waals surface area contributed by atoms with Crippen LogP contribution in [0.2, 0.25) is 10.2 Å². The lowest BCUT2D eigenvalue weighted by molar-refractivity contribution is -0.384. The first kappa shape index (κ1) is 19.2. The highest BCUT2D eigenvalue weighted by Crippen LogP contribution is 2.37. The third-order valence-electron chi connectivity index (χ3n) is 4.52. The number of aryl methyl sites for hydroxylation is 1. The molecule has 7 nitrogen and oxygen atoms in total. The lowest BCUT2D eigenvalue weighted by atomic mass is 10.1. The van der Waals surface area contributed by atoms with E-state index in [0.29, 0.717) is 21.6 Å². The van der Waals surface area contributed by atoms with E-state index in [1.54, 1.807) is 28.9 Å². The highest BCUT2D eigenvalue weighted by atomic mass is 35.5. The molecule has 0 bridgehead atoms. The van der Waals surface area contributed by atoms with E-state index >= 15 is 0 Å². The number of halogens is 2. The summed E-state index contributed by atoms with van der Waals surface area (Å²) >= 11 is 12.0. The fourth-order valence-electron chi connectivity index (χ4n) is 3.20. The number of hydrogen-bond donors (Lipinski definition) is 1. The molecular formula is C20H15Cl2N5O2. The van der Waals surface area contributed by atoms with Crippen molar-refractivity contribution in [1.82, 2.24) is 14.8 Å². The SMILES string of the molecule is Cn1nc(CNc2c([N+](=O)[O-])c(Cl)nc3ccccc23)cc1-c1ccc(Cl)cc1. The minimum Gasteiger partial charge on any atom is -0.373 e. The van der Waals surface area contributed by atoms with Gasteiger partial charge in [-0.3, -0.25) is 14.8 Å². The lowest BCUT2D eigenvalue weighted by Gasteiger charge is -2.10. The zero-order valence-corrected chi connectivity index (χ0v) is 16.8. The number of nitro groups is 1. The standard InChI is InChI=1S/C20H15Cl2N5O2/c1-26-17(12-6-8-13(21)9-7-12)10-14(25-26)11-23-18-15-4-2-3-5-16(15)24-20(22)19(18)27(28)29/h2-10H,11H2,1H3,(H,23,24). The molecule has 4 aromatic rings. The molecule has 2 aromatic carbocycles. The molecule has 9 heteroatoms. The van der Waals surface area contributed by atoms with Gasteiger partial charge in [0.2, 0.25) is 5.15 Å². The maximum atomic E-state index is 11.6. The number of anilines is 1. The monoisotopic (exact) mass is 427 g/mol. The van der Waals surface area contributed by atoms with Crippen LogP contribution in [-0.4, -0.2) is 19.7 Å². The maximum Gasteiger partial charge on any atom is 0.329 e. The van der Waals surface area contributed by atoms with Gasteiger partial charge in [-0.05, 0) is 29.8 Å². The van der Waals surface area contributed by atoms with E-state index in [9.17, 15) is 10.1 Å². The summed E-state index contributed by atoms with van der Waals surface area (Å²) in [6.45, 7) is 0.284. The molecule has 0 radical (unpaired) electrons. The molecule has 0 fully saturated rings. The molecule has 0 unspecified atom stereocenters. The van der Waals surface area contributed by atoms with Crippen molar-refractivity contribution in [3.63, 3.8) is 0 Å². The fraction of sp³-hybridized carbons (Fsp3) is 0.100. The van der Waals surface area contributed by atoms with Gasteiger partial charge in [-0.25, -0.2) is 4.98 Å². The maximum absolute atomic E-state index is 11.6. The molecular weight excluding hydrogens is 413 g/mol. The molecule has 1 N–H and O–H groups in total. The van der Waals surface area contributed by atoms with Crippen LogP contribution in [0.1, 0.15) is 5.69 Å². The van der Waals surface area contributed by atoms with Crippen molar-refractivity contribution in [2.45, 2.75) is 6.54 Å². The van der Waals surface area contributed by atoms with Gasteiger partial charge in [0.1, 0.15) is 5.69 Å². The number of aromatic nitrogens is 3. The van der Waals surface area contributed by atoms with E-state index in [-0.39, 0.29) is 17.4 Å². The normalized spacial score (nSPS) is 11.0. The molecule has 29 heavy (non-hydrogen) atoms. The largest absolute Gasteiger partial charge is 0.373 e. The average Bonchev–Trinajstić information content (AvgIpc) is 3.06. The topological polar surface area (TPSA) is 85.9 Å². The van der Waals surface area contributed by atoms with E-state index in [4.69, 9.17) is 23.2 Å².